The molecule has 0 aliphatic carbocycles. The largest absolute Gasteiger partial charge is 0.506 e. The standard InChI is InChI=1S/C12H16ClNO3/c1-3-10(12(16)17)14(2)7-8-4-5-11(15)9(13)6-8/h4-6,10,15H,3,7H2,1-2H3,(H,16,17). The molecule has 0 amide bonds. The summed E-state index contributed by atoms with van der Waals surface area (Å²) in [7, 11) is 1.75. The lowest BCUT2D eigenvalue weighted by Crippen LogP contribution is -2.37. The number of carboxylic acids is 1. The third-order valence-electron chi connectivity index (χ3n) is 2.65. The van der Waals surface area contributed by atoms with E-state index in [0.29, 0.717) is 13.0 Å². The van der Waals surface area contributed by atoms with Gasteiger partial charge in [-0.3, -0.25) is 9.69 Å². The Kier molecular flexibility index (Phi) is 4.78. The van der Waals surface area contributed by atoms with Gasteiger partial charge in [0.15, 0.2) is 0 Å². The van der Waals surface area contributed by atoms with Gasteiger partial charge in [-0.1, -0.05) is 24.6 Å². The van der Waals surface area contributed by atoms with Crippen LogP contribution in [0.5, 0.6) is 5.75 Å². The lowest BCUT2D eigenvalue weighted by atomic mass is 10.1. The lowest BCUT2D eigenvalue weighted by molar-refractivity contribution is -0.143. The van der Waals surface area contributed by atoms with E-state index in [9.17, 15) is 9.90 Å². The maximum absolute atomic E-state index is 11.0. The first kappa shape index (κ1) is 13.8. The van der Waals surface area contributed by atoms with E-state index in [2.05, 4.69) is 0 Å². The minimum Gasteiger partial charge on any atom is -0.506 e. The molecule has 1 rings (SSSR count). The minimum absolute atomic E-state index is 0.0309. The van der Waals surface area contributed by atoms with E-state index in [1.807, 2.05) is 6.92 Å². The Morgan fingerprint density at radius 1 is 1.53 bits per heavy atom. The highest BCUT2D eigenvalue weighted by Gasteiger charge is 2.20. The lowest BCUT2D eigenvalue weighted by Gasteiger charge is -2.23. The van der Waals surface area contributed by atoms with Crippen LogP contribution < -0.4 is 0 Å². The van der Waals surface area contributed by atoms with Crippen molar-refractivity contribution in [2.75, 3.05) is 7.05 Å². The normalized spacial score (nSPS) is 12.7. The molecule has 1 aromatic rings. The third-order valence-corrected chi connectivity index (χ3v) is 2.95. The van der Waals surface area contributed by atoms with Crippen LogP contribution >= 0.6 is 11.6 Å². The highest BCUT2D eigenvalue weighted by Crippen LogP contribution is 2.24. The van der Waals surface area contributed by atoms with E-state index >= 15 is 0 Å². The SMILES string of the molecule is CCC(C(=O)O)N(C)Cc1ccc(O)c(Cl)c1. The average Bonchev–Trinajstić information content (AvgIpc) is 2.24. The topological polar surface area (TPSA) is 60.8 Å². The van der Waals surface area contributed by atoms with Gasteiger partial charge in [0.1, 0.15) is 11.8 Å². The van der Waals surface area contributed by atoms with Crippen molar-refractivity contribution in [2.45, 2.75) is 25.9 Å². The van der Waals surface area contributed by atoms with Gasteiger partial charge < -0.3 is 10.2 Å². The predicted molar refractivity (Wildman–Crippen MR) is 66.3 cm³/mol. The zero-order valence-corrected chi connectivity index (χ0v) is 10.6. The molecule has 1 unspecified atom stereocenters. The minimum atomic E-state index is -0.833. The summed E-state index contributed by atoms with van der Waals surface area (Å²) in [6.45, 7) is 2.31. The predicted octanol–water partition coefficient (Wildman–Crippen LogP) is 2.34. The molecular formula is C12H16ClNO3. The van der Waals surface area contributed by atoms with Crippen molar-refractivity contribution in [2.24, 2.45) is 0 Å². The molecule has 5 heteroatoms. The van der Waals surface area contributed by atoms with Crippen LogP contribution in [0.3, 0.4) is 0 Å². The molecule has 17 heavy (non-hydrogen) atoms. The number of carbonyl (C=O) groups is 1. The molecule has 94 valence electrons. The van der Waals surface area contributed by atoms with Crippen molar-refractivity contribution in [1.82, 2.24) is 4.90 Å². The van der Waals surface area contributed by atoms with Gasteiger partial charge in [0.05, 0.1) is 5.02 Å². The average molecular weight is 258 g/mol. The van der Waals surface area contributed by atoms with Crippen LogP contribution in [0, 0.1) is 0 Å². The number of hydrogen-bond acceptors (Lipinski definition) is 3. The van der Waals surface area contributed by atoms with E-state index in [1.165, 1.54) is 6.07 Å². The fraction of sp³-hybridized carbons (Fsp3) is 0.417. The maximum Gasteiger partial charge on any atom is 0.320 e. The Bertz CT molecular complexity index is 409. The van der Waals surface area contributed by atoms with Crippen molar-refractivity contribution in [3.63, 3.8) is 0 Å². The first-order valence-electron chi connectivity index (χ1n) is 5.36. The Balaban J connectivity index is 2.76. The second-order valence-electron chi connectivity index (χ2n) is 3.96. The number of likely N-dealkylation sites (N-methyl/N-ethyl adjacent to an activating group) is 1. The van der Waals surface area contributed by atoms with Gasteiger partial charge in [-0.25, -0.2) is 0 Å². The third kappa shape index (κ3) is 3.61. The van der Waals surface area contributed by atoms with Gasteiger partial charge in [0.2, 0.25) is 0 Å². The van der Waals surface area contributed by atoms with Crippen LogP contribution in [0.25, 0.3) is 0 Å². The molecule has 0 radical (unpaired) electrons. The zero-order chi connectivity index (χ0) is 13.0. The van der Waals surface area contributed by atoms with Crippen molar-refractivity contribution >= 4 is 17.6 Å². The number of phenolic OH excluding ortho intramolecular Hbond substituents is 1. The zero-order valence-electron chi connectivity index (χ0n) is 9.85. The van der Waals surface area contributed by atoms with Crippen molar-refractivity contribution in [3.8, 4) is 5.75 Å². The molecule has 2 N–H and O–H groups in total. The number of benzene rings is 1. The molecule has 0 spiro atoms. The molecule has 0 aliphatic rings. The Morgan fingerprint density at radius 2 is 2.18 bits per heavy atom. The highest BCUT2D eigenvalue weighted by atomic mass is 35.5. The van der Waals surface area contributed by atoms with E-state index in [0.717, 1.165) is 5.56 Å². The number of phenols is 1. The summed E-state index contributed by atoms with van der Waals surface area (Å²) in [5, 5.41) is 18.6. The monoisotopic (exact) mass is 257 g/mol. The van der Waals surface area contributed by atoms with Gasteiger partial charge in [0, 0.05) is 6.54 Å². The van der Waals surface area contributed by atoms with Crippen molar-refractivity contribution < 1.29 is 15.0 Å². The van der Waals surface area contributed by atoms with Crippen LogP contribution in [0.4, 0.5) is 0 Å². The van der Waals surface area contributed by atoms with Crippen LogP contribution in [-0.2, 0) is 11.3 Å². The molecular weight excluding hydrogens is 242 g/mol. The Hall–Kier alpha value is -1.26. The summed E-state index contributed by atoms with van der Waals surface area (Å²) in [5.41, 5.74) is 0.870. The summed E-state index contributed by atoms with van der Waals surface area (Å²) in [4.78, 5) is 12.7. The molecule has 0 saturated carbocycles. The summed E-state index contributed by atoms with van der Waals surface area (Å²) in [6, 6.07) is 4.36. The molecule has 0 bridgehead atoms. The van der Waals surface area contributed by atoms with E-state index in [1.54, 1.807) is 24.1 Å². The Labute approximate surface area is 105 Å². The second kappa shape index (κ2) is 5.89. The molecule has 0 saturated heterocycles. The smallest absolute Gasteiger partial charge is 0.320 e. The van der Waals surface area contributed by atoms with Gasteiger partial charge in [-0.15, -0.1) is 0 Å². The van der Waals surface area contributed by atoms with Gasteiger partial charge in [-0.2, -0.15) is 0 Å². The Morgan fingerprint density at radius 3 is 2.65 bits per heavy atom. The molecule has 0 fully saturated rings. The van der Waals surface area contributed by atoms with Crippen LogP contribution in [0.1, 0.15) is 18.9 Å². The second-order valence-corrected chi connectivity index (χ2v) is 4.37. The number of aliphatic carboxylic acids is 1. The van der Waals surface area contributed by atoms with Crippen molar-refractivity contribution in [1.29, 1.82) is 0 Å². The van der Waals surface area contributed by atoms with Gasteiger partial charge >= 0.3 is 5.97 Å². The number of halogens is 1. The van der Waals surface area contributed by atoms with Gasteiger partial charge in [-0.05, 0) is 31.2 Å². The highest BCUT2D eigenvalue weighted by molar-refractivity contribution is 6.32. The molecule has 0 aliphatic heterocycles. The fourth-order valence-electron chi connectivity index (χ4n) is 1.72. The molecule has 1 aromatic carbocycles. The van der Waals surface area contributed by atoms with Crippen LogP contribution in [-0.4, -0.2) is 34.2 Å². The first-order chi connectivity index (χ1) is 7.95. The number of nitrogens with zero attached hydrogens (tertiary/aromatic N) is 1. The summed E-state index contributed by atoms with van der Waals surface area (Å²) in [6.07, 6.45) is 0.539. The summed E-state index contributed by atoms with van der Waals surface area (Å²) < 4.78 is 0. The molecule has 1 atom stereocenters. The first-order valence-corrected chi connectivity index (χ1v) is 5.74. The summed E-state index contributed by atoms with van der Waals surface area (Å²) >= 11 is 5.79. The van der Waals surface area contributed by atoms with E-state index < -0.39 is 12.0 Å². The molecule has 0 heterocycles. The van der Waals surface area contributed by atoms with Crippen molar-refractivity contribution in [3.05, 3.63) is 28.8 Å². The number of hydrogen-bond donors (Lipinski definition) is 2. The van der Waals surface area contributed by atoms with Crippen LogP contribution in [0.2, 0.25) is 5.02 Å². The fourth-order valence-corrected chi connectivity index (χ4v) is 1.92. The number of rotatable bonds is 5. The quantitative estimate of drug-likeness (QED) is 0.850. The summed E-state index contributed by atoms with van der Waals surface area (Å²) in [5.74, 6) is -0.803. The van der Waals surface area contributed by atoms with Gasteiger partial charge in [0.25, 0.3) is 0 Å². The maximum atomic E-state index is 11.0. The number of aromatic hydroxyl groups is 1. The molecule has 0 aromatic heterocycles. The van der Waals surface area contributed by atoms with Crippen LogP contribution in [0.15, 0.2) is 18.2 Å². The number of carboxylic acid groups (broad SMARTS) is 1. The van der Waals surface area contributed by atoms with E-state index in [4.69, 9.17) is 16.7 Å². The molecule has 4 nitrogen and oxygen atoms in total. The van der Waals surface area contributed by atoms with E-state index in [-0.39, 0.29) is 10.8 Å².